The molecule has 0 aromatic carbocycles. The van der Waals surface area contributed by atoms with E-state index in [1.807, 2.05) is 13.8 Å². The highest BCUT2D eigenvalue weighted by Crippen LogP contribution is 2.11. The smallest absolute Gasteiger partial charge is 0.216 e. The largest absolute Gasteiger partial charge is 0.312 e. The first-order chi connectivity index (χ1) is 7.20. The van der Waals surface area contributed by atoms with Crippen LogP contribution in [-0.2, 0) is 13.1 Å². The van der Waals surface area contributed by atoms with E-state index in [1.165, 1.54) is 4.68 Å². The standard InChI is InChI=1S/C11H20FN3/c1-4-6-7-13-8-10-9(3)14-15(5-2)11(10)12/h13H,4-8H2,1-3H3. The molecule has 0 fully saturated rings. The van der Waals surface area contributed by atoms with Crippen molar-refractivity contribution in [1.82, 2.24) is 15.1 Å². The Morgan fingerprint density at radius 3 is 2.67 bits per heavy atom. The molecule has 86 valence electrons. The maximum atomic E-state index is 13.7. The van der Waals surface area contributed by atoms with Crippen molar-refractivity contribution in [3.63, 3.8) is 0 Å². The Kier molecular flexibility index (Phi) is 4.75. The van der Waals surface area contributed by atoms with Gasteiger partial charge in [0.05, 0.1) is 5.69 Å². The van der Waals surface area contributed by atoms with Crippen molar-refractivity contribution in [3.05, 3.63) is 17.2 Å². The molecule has 0 aliphatic carbocycles. The van der Waals surface area contributed by atoms with Crippen LogP contribution in [0.5, 0.6) is 0 Å². The summed E-state index contributed by atoms with van der Waals surface area (Å²) in [5.41, 5.74) is 1.49. The molecule has 1 heterocycles. The lowest BCUT2D eigenvalue weighted by Crippen LogP contribution is -2.15. The van der Waals surface area contributed by atoms with Gasteiger partial charge in [0.15, 0.2) is 0 Å². The fourth-order valence-electron chi connectivity index (χ4n) is 1.52. The molecule has 0 aliphatic heterocycles. The highest BCUT2D eigenvalue weighted by molar-refractivity contribution is 5.17. The lowest BCUT2D eigenvalue weighted by molar-refractivity contribution is 0.460. The highest BCUT2D eigenvalue weighted by Gasteiger charge is 2.12. The van der Waals surface area contributed by atoms with Gasteiger partial charge >= 0.3 is 0 Å². The van der Waals surface area contributed by atoms with E-state index in [2.05, 4.69) is 17.3 Å². The number of nitrogens with one attached hydrogen (secondary N) is 1. The second-order valence-electron chi connectivity index (χ2n) is 3.70. The molecule has 0 radical (unpaired) electrons. The lowest BCUT2D eigenvalue weighted by Gasteiger charge is -2.02. The number of halogens is 1. The monoisotopic (exact) mass is 213 g/mol. The maximum Gasteiger partial charge on any atom is 0.216 e. The molecule has 0 spiro atoms. The van der Waals surface area contributed by atoms with Gasteiger partial charge in [0.1, 0.15) is 0 Å². The Labute approximate surface area is 90.7 Å². The fraction of sp³-hybridized carbons (Fsp3) is 0.727. The third-order valence-electron chi connectivity index (χ3n) is 2.49. The molecular formula is C11H20FN3. The SMILES string of the molecule is CCCCNCc1c(C)nn(CC)c1F. The average Bonchev–Trinajstić information content (AvgIpc) is 2.50. The van der Waals surface area contributed by atoms with Gasteiger partial charge in [-0.2, -0.15) is 9.49 Å². The summed E-state index contributed by atoms with van der Waals surface area (Å²) < 4.78 is 15.1. The van der Waals surface area contributed by atoms with E-state index in [1.54, 1.807) is 0 Å². The number of aryl methyl sites for hydroxylation is 2. The molecule has 3 nitrogen and oxygen atoms in total. The summed E-state index contributed by atoms with van der Waals surface area (Å²) in [6.45, 7) is 7.99. The molecule has 0 atom stereocenters. The molecule has 15 heavy (non-hydrogen) atoms. The van der Waals surface area contributed by atoms with Gasteiger partial charge in [-0.15, -0.1) is 0 Å². The molecule has 0 unspecified atom stereocenters. The van der Waals surface area contributed by atoms with Gasteiger partial charge in [0.25, 0.3) is 0 Å². The third-order valence-corrected chi connectivity index (χ3v) is 2.49. The minimum atomic E-state index is -0.195. The van der Waals surface area contributed by atoms with Crippen molar-refractivity contribution in [1.29, 1.82) is 0 Å². The second-order valence-corrected chi connectivity index (χ2v) is 3.70. The van der Waals surface area contributed by atoms with Crippen LogP contribution in [0, 0.1) is 12.9 Å². The van der Waals surface area contributed by atoms with E-state index >= 15 is 0 Å². The van der Waals surface area contributed by atoms with Crippen LogP contribution in [0.25, 0.3) is 0 Å². The summed E-state index contributed by atoms with van der Waals surface area (Å²) in [5, 5.41) is 7.36. The van der Waals surface area contributed by atoms with Crippen molar-refractivity contribution in [2.24, 2.45) is 0 Å². The zero-order chi connectivity index (χ0) is 11.3. The van der Waals surface area contributed by atoms with E-state index < -0.39 is 0 Å². The van der Waals surface area contributed by atoms with Crippen LogP contribution in [0.1, 0.15) is 37.9 Å². The van der Waals surface area contributed by atoms with E-state index in [0.29, 0.717) is 18.7 Å². The number of aromatic nitrogens is 2. The third kappa shape index (κ3) is 3.02. The highest BCUT2D eigenvalue weighted by atomic mass is 19.1. The van der Waals surface area contributed by atoms with Crippen molar-refractivity contribution in [3.8, 4) is 0 Å². The predicted octanol–water partition coefficient (Wildman–Crippen LogP) is 2.24. The summed E-state index contributed by atoms with van der Waals surface area (Å²) >= 11 is 0. The molecule has 0 bridgehead atoms. The van der Waals surface area contributed by atoms with Gasteiger partial charge in [-0.05, 0) is 26.8 Å². The van der Waals surface area contributed by atoms with Gasteiger partial charge in [0, 0.05) is 18.7 Å². The summed E-state index contributed by atoms with van der Waals surface area (Å²) in [7, 11) is 0. The van der Waals surface area contributed by atoms with Gasteiger partial charge in [-0.3, -0.25) is 0 Å². The molecular weight excluding hydrogens is 193 g/mol. The minimum absolute atomic E-state index is 0.195. The summed E-state index contributed by atoms with van der Waals surface area (Å²) in [6, 6.07) is 0. The normalized spacial score (nSPS) is 10.9. The van der Waals surface area contributed by atoms with Gasteiger partial charge in [-0.1, -0.05) is 13.3 Å². The average molecular weight is 213 g/mol. The van der Waals surface area contributed by atoms with Gasteiger partial charge in [-0.25, -0.2) is 4.68 Å². The molecule has 0 saturated carbocycles. The minimum Gasteiger partial charge on any atom is -0.312 e. The Balaban J connectivity index is 2.56. The van der Waals surface area contributed by atoms with Crippen LogP contribution >= 0.6 is 0 Å². The molecule has 0 saturated heterocycles. The van der Waals surface area contributed by atoms with Crippen LogP contribution in [0.3, 0.4) is 0 Å². The number of hydrogen-bond donors (Lipinski definition) is 1. The number of rotatable bonds is 6. The fourth-order valence-corrected chi connectivity index (χ4v) is 1.52. The molecule has 0 amide bonds. The molecule has 0 aliphatic rings. The van der Waals surface area contributed by atoms with E-state index in [9.17, 15) is 4.39 Å². The van der Waals surface area contributed by atoms with Crippen LogP contribution in [0.15, 0.2) is 0 Å². The van der Waals surface area contributed by atoms with Crippen molar-refractivity contribution in [2.75, 3.05) is 6.54 Å². The van der Waals surface area contributed by atoms with Crippen LogP contribution in [-0.4, -0.2) is 16.3 Å². The number of nitrogens with zero attached hydrogens (tertiary/aromatic N) is 2. The summed E-state index contributed by atoms with van der Waals surface area (Å²) in [5.74, 6) is -0.195. The number of hydrogen-bond acceptors (Lipinski definition) is 2. The zero-order valence-corrected chi connectivity index (χ0v) is 9.81. The first-order valence-electron chi connectivity index (χ1n) is 5.63. The topological polar surface area (TPSA) is 29.9 Å². The van der Waals surface area contributed by atoms with Crippen molar-refractivity contribution < 1.29 is 4.39 Å². The summed E-state index contributed by atoms with van der Waals surface area (Å²) in [6.07, 6.45) is 2.28. The van der Waals surface area contributed by atoms with E-state index in [0.717, 1.165) is 25.1 Å². The lowest BCUT2D eigenvalue weighted by atomic mass is 10.2. The molecule has 4 heteroatoms. The van der Waals surface area contributed by atoms with E-state index in [4.69, 9.17) is 0 Å². The van der Waals surface area contributed by atoms with E-state index in [-0.39, 0.29) is 5.95 Å². The Bertz CT molecular complexity index is 307. The van der Waals surface area contributed by atoms with Crippen molar-refractivity contribution in [2.45, 2.75) is 46.7 Å². The Morgan fingerprint density at radius 2 is 2.13 bits per heavy atom. The van der Waals surface area contributed by atoms with Gasteiger partial charge < -0.3 is 5.32 Å². The molecule has 1 aromatic rings. The second kappa shape index (κ2) is 5.85. The first-order valence-corrected chi connectivity index (χ1v) is 5.63. The van der Waals surface area contributed by atoms with Crippen LogP contribution < -0.4 is 5.32 Å². The zero-order valence-electron chi connectivity index (χ0n) is 9.81. The van der Waals surface area contributed by atoms with Gasteiger partial charge in [0.2, 0.25) is 5.95 Å². The predicted molar refractivity (Wildman–Crippen MR) is 59.2 cm³/mol. The van der Waals surface area contributed by atoms with Crippen molar-refractivity contribution >= 4 is 0 Å². The first kappa shape index (κ1) is 12.2. The van der Waals surface area contributed by atoms with Crippen LogP contribution in [0.2, 0.25) is 0 Å². The molecule has 1 rings (SSSR count). The Hall–Kier alpha value is -0.900. The number of unbranched alkanes of at least 4 members (excludes halogenated alkanes) is 1. The molecule has 1 N–H and O–H groups in total. The molecule has 1 aromatic heterocycles. The quantitative estimate of drug-likeness (QED) is 0.734. The Morgan fingerprint density at radius 1 is 1.40 bits per heavy atom. The maximum absolute atomic E-state index is 13.7. The summed E-state index contributed by atoms with van der Waals surface area (Å²) in [4.78, 5) is 0. The van der Waals surface area contributed by atoms with Crippen LogP contribution in [0.4, 0.5) is 4.39 Å².